The van der Waals surface area contributed by atoms with Gasteiger partial charge in [0, 0.05) is 35.4 Å². The predicted molar refractivity (Wildman–Crippen MR) is 114 cm³/mol. The Morgan fingerprint density at radius 3 is 2.75 bits per heavy atom. The van der Waals surface area contributed by atoms with Gasteiger partial charge in [0.1, 0.15) is 5.69 Å². The summed E-state index contributed by atoms with van der Waals surface area (Å²) >= 11 is 8.59. The third kappa shape index (κ3) is 4.15. The number of benzene rings is 1. The lowest BCUT2D eigenvalue weighted by Gasteiger charge is -2.13. The van der Waals surface area contributed by atoms with Crippen molar-refractivity contribution < 1.29 is 9.21 Å². The zero-order valence-electron chi connectivity index (χ0n) is 16.0. The zero-order chi connectivity index (χ0) is 20.4. The molecule has 146 valence electrons. The summed E-state index contributed by atoms with van der Waals surface area (Å²) in [6.45, 7) is 4.05. The number of H-pyrrole nitrogens is 1. The monoisotopic (exact) mass is 461 g/mol. The molecule has 0 atom stereocenters. The molecule has 7 nitrogen and oxygen atoms in total. The molecule has 0 saturated heterocycles. The predicted octanol–water partition coefficient (Wildman–Crippen LogP) is 3.61. The highest BCUT2D eigenvalue weighted by Gasteiger charge is 2.23. The number of nitrogens with one attached hydrogen (secondary N) is 2. The van der Waals surface area contributed by atoms with E-state index in [1.54, 1.807) is 17.0 Å². The SMILES string of the molecule is Cc1[nH]c(-c2nnc(CNC(=S)N(C)C)o2)c(C)c1C(=O)c1cccc(Br)c1. The van der Waals surface area contributed by atoms with Crippen LogP contribution in [0, 0.1) is 13.8 Å². The molecule has 0 fully saturated rings. The first-order chi connectivity index (χ1) is 13.3. The van der Waals surface area contributed by atoms with Crippen molar-refractivity contribution in [3.63, 3.8) is 0 Å². The van der Waals surface area contributed by atoms with Crippen LogP contribution in [0.2, 0.25) is 0 Å². The Bertz CT molecular complexity index is 1040. The smallest absolute Gasteiger partial charge is 0.264 e. The van der Waals surface area contributed by atoms with Crippen LogP contribution in [-0.4, -0.2) is 45.1 Å². The first-order valence-corrected chi connectivity index (χ1v) is 9.75. The summed E-state index contributed by atoms with van der Waals surface area (Å²) in [5.74, 6) is 0.684. The topological polar surface area (TPSA) is 87.1 Å². The Morgan fingerprint density at radius 1 is 1.32 bits per heavy atom. The number of hydrogen-bond acceptors (Lipinski definition) is 5. The molecular formula is C19H20BrN5O2S. The van der Waals surface area contributed by atoms with Crippen LogP contribution in [0.4, 0.5) is 0 Å². The van der Waals surface area contributed by atoms with E-state index >= 15 is 0 Å². The van der Waals surface area contributed by atoms with Crippen molar-refractivity contribution in [1.29, 1.82) is 0 Å². The number of carbonyl (C=O) groups excluding carboxylic acids is 1. The van der Waals surface area contributed by atoms with Gasteiger partial charge in [-0.2, -0.15) is 0 Å². The molecule has 0 aliphatic rings. The molecule has 0 bridgehead atoms. The molecule has 2 N–H and O–H groups in total. The molecule has 1 aromatic carbocycles. The summed E-state index contributed by atoms with van der Waals surface area (Å²) in [4.78, 5) is 18.0. The molecule has 0 amide bonds. The fraction of sp³-hybridized carbons (Fsp3) is 0.263. The summed E-state index contributed by atoms with van der Waals surface area (Å²) in [6.07, 6.45) is 0. The second-order valence-corrected chi connectivity index (χ2v) is 7.82. The van der Waals surface area contributed by atoms with Crippen LogP contribution >= 0.6 is 28.1 Å². The minimum atomic E-state index is -0.0588. The Kier molecular flexibility index (Phi) is 5.95. The molecule has 0 spiro atoms. The molecule has 0 aliphatic heterocycles. The van der Waals surface area contributed by atoms with E-state index in [-0.39, 0.29) is 5.78 Å². The number of rotatable bonds is 5. The highest BCUT2D eigenvalue weighted by atomic mass is 79.9. The van der Waals surface area contributed by atoms with Gasteiger partial charge in [0.05, 0.1) is 6.54 Å². The van der Waals surface area contributed by atoms with Gasteiger partial charge in [-0.15, -0.1) is 10.2 Å². The molecule has 3 aromatic rings. The number of aryl methyl sites for hydroxylation is 1. The lowest BCUT2D eigenvalue weighted by atomic mass is 10.00. The van der Waals surface area contributed by atoms with Crippen molar-refractivity contribution in [2.45, 2.75) is 20.4 Å². The van der Waals surface area contributed by atoms with Crippen LogP contribution in [0.5, 0.6) is 0 Å². The summed E-state index contributed by atoms with van der Waals surface area (Å²) in [7, 11) is 3.70. The summed E-state index contributed by atoms with van der Waals surface area (Å²) in [5.41, 5.74) is 3.39. The Labute approximate surface area is 176 Å². The molecule has 2 heterocycles. The minimum Gasteiger partial charge on any atom is -0.417 e. The number of nitrogens with zero attached hydrogens (tertiary/aromatic N) is 3. The summed E-state index contributed by atoms with van der Waals surface area (Å²) in [6, 6.07) is 7.32. The standard InChI is InChI=1S/C19H20BrN5O2S/c1-10-15(17(26)12-6-5-7-13(20)8-12)11(2)22-16(10)18-24-23-14(27-18)9-21-19(28)25(3)4/h5-8,22H,9H2,1-4H3,(H,21,28). The lowest BCUT2D eigenvalue weighted by Crippen LogP contribution is -2.33. The molecular weight excluding hydrogens is 442 g/mol. The molecule has 0 radical (unpaired) electrons. The van der Waals surface area contributed by atoms with Crippen LogP contribution in [-0.2, 0) is 6.54 Å². The van der Waals surface area contributed by atoms with Crippen LogP contribution < -0.4 is 5.32 Å². The summed E-state index contributed by atoms with van der Waals surface area (Å²) < 4.78 is 6.60. The number of hydrogen-bond donors (Lipinski definition) is 2. The quantitative estimate of drug-likeness (QED) is 0.443. The van der Waals surface area contributed by atoms with Crippen LogP contribution in [0.3, 0.4) is 0 Å². The van der Waals surface area contributed by atoms with Gasteiger partial charge in [-0.05, 0) is 43.8 Å². The maximum Gasteiger partial charge on any atom is 0.264 e. The second kappa shape index (κ2) is 8.24. The maximum atomic E-state index is 13.0. The lowest BCUT2D eigenvalue weighted by molar-refractivity contribution is 0.103. The molecule has 0 saturated carbocycles. The molecule has 0 unspecified atom stereocenters. The second-order valence-electron chi connectivity index (χ2n) is 6.52. The van der Waals surface area contributed by atoms with E-state index in [1.807, 2.05) is 40.1 Å². The number of aromatic nitrogens is 3. The van der Waals surface area contributed by atoms with Gasteiger partial charge in [-0.25, -0.2) is 0 Å². The first kappa shape index (κ1) is 20.2. The minimum absolute atomic E-state index is 0.0588. The van der Waals surface area contributed by atoms with Gasteiger partial charge in [0.25, 0.3) is 5.89 Å². The van der Waals surface area contributed by atoms with Gasteiger partial charge >= 0.3 is 0 Å². The van der Waals surface area contributed by atoms with Gasteiger partial charge in [-0.1, -0.05) is 28.1 Å². The fourth-order valence-corrected chi connectivity index (χ4v) is 3.29. The highest BCUT2D eigenvalue weighted by molar-refractivity contribution is 9.10. The van der Waals surface area contributed by atoms with E-state index in [4.69, 9.17) is 16.6 Å². The third-order valence-electron chi connectivity index (χ3n) is 4.23. The van der Waals surface area contributed by atoms with Crippen molar-refractivity contribution in [2.24, 2.45) is 0 Å². The van der Waals surface area contributed by atoms with Gasteiger partial charge in [-0.3, -0.25) is 4.79 Å². The molecule has 2 aromatic heterocycles. The Balaban J connectivity index is 1.86. The average Bonchev–Trinajstić information content (AvgIpc) is 3.23. The van der Waals surface area contributed by atoms with Crippen molar-refractivity contribution in [3.8, 4) is 11.6 Å². The number of ketones is 1. The number of thiocarbonyl (C=S) groups is 1. The Morgan fingerprint density at radius 2 is 2.07 bits per heavy atom. The van der Waals surface area contributed by atoms with E-state index in [1.165, 1.54) is 0 Å². The van der Waals surface area contributed by atoms with Crippen molar-refractivity contribution in [1.82, 2.24) is 25.4 Å². The number of aromatic amines is 1. The third-order valence-corrected chi connectivity index (χ3v) is 5.23. The average molecular weight is 462 g/mol. The van der Waals surface area contributed by atoms with Crippen LogP contribution in [0.15, 0.2) is 33.2 Å². The van der Waals surface area contributed by atoms with E-state index in [2.05, 4.69) is 36.4 Å². The molecule has 0 aliphatic carbocycles. The summed E-state index contributed by atoms with van der Waals surface area (Å²) in [5, 5.41) is 11.8. The van der Waals surface area contributed by atoms with Gasteiger partial charge in [0.15, 0.2) is 10.9 Å². The number of halogens is 1. The maximum absolute atomic E-state index is 13.0. The van der Waals surface area contributed by atoms with Crippen LogP contribution in [0.25, 0.3) is 11.6 Å². The largest absolute Gasteiger partial charge is 0.417 e. The first-order valence-electron chi connectivity index (χ1n) is 8.55. The zero-order valence-corrected chi connectivity index (χ0v) is 18.4. The number of carbonyl (C=O) groups is 1. The Hall–Kier alpha value is -2.52. The molecule has 3 rings (SSSR count). The fourth-order valence-electron chi connectivity index (χ4n) is 2.81. The van der Waals surface area contributed by atoms with E-state index in [9.17, 15) is 4.79 Å². The van der Waals surface area contributed by atoms with Gasteiger partial charge < -0.3 is 19.6 Å². The molecule has 28 heavy (non-hydrogen) atoms. The van der Waals surface area contributed by atoms with Crippen molar-refractivity contribution >= 4 is 39.0 Å². The van der Waals surface area contributed by atoms with E-state index in [0.29, 0.717) is 40.3 Å². The highest BCUT2D eigenvalue weighted by Crippen LogP contribution is 2.29. The van der Waals surface area contributed by atoms with Gasteiger partial charge in [0.2, 0.25) is 5.89 Å². The van der Waals surface area contributed by atoms with E-state index < -0.39 is 0 Å². The van der Waals surface area contributed by atoms with Crippen molar-refractivity contribution in [3.05, 3.63) is 57.0 Å². The molecule has 9 heteroatoms. The van der Waals surface area contributed by atoms with Crippen LogP contribution in [0.1, 0.15) is 33.1 Å². The van der Waals surface area contributed by atoms with Crippen molar-refractivity contribution in [2.75, 3.05) is 14.1 Å². The van der Waals surface area contributed by atoms with E-state index in [0.717, 1.165) is 15.7 Å². The normalized spacial score (nSPS) is 10.8.